The van der Waals surface area contributed by atoms with E-state index in [0.29, 0.717) is 11.3 Å². The minimum atomic E-state index is -3.59. The van der Waals surface area contributed by atoms with Gasteiger partial charge in [-0.05, 0) is 38.0 Å². The summed E-state index contributed by atoms with van der Waals surface area (Å²) in [6.45, 7) is 1.70. The first-order valence-corrected chi connectivity index (χ1v) is 8.70. The fraction of sp³-hybridized carbons (Fsp3) is 0.600. The Morgan fingerprint density at radius 2 is 1.95 bits per heavy atom. The number of methoxy groups -OCH3 is 1. The van der Waals surface area contributed by atoms with E-state index in [2.05, 4.69) is 4.72 Å². The zero-order chi connectivity index (χ0) is 15.5. The third kappa shape index (κ3) is 3.75. The highest BCUT2D eigenvalue weighted by Gasteiger charge is 2.32. The molecule has 0 aliphatic heterocycles. The molecule has 0 spiro atoms. The Morgan fingerprint density at radius 1 is 1.29 bits per heavy atom. The van der Waals surface area contributed by atoms with Crippen LogP contribution in [0.25, 0.3) is 0 Å². The lowest BCUT2D eigenvalue weighted by atomic mass is 9.84. The summed E-state index contributed by atoms with van der Waals surface area (Å²) in [6.07, 6.45) is 4.96. The van der Waals surface area contributed by atoms with E-state index in [1.54, 1.807) is 6.07 Å². The lowest BCUT2D eigenvalue weighted by Crippen LogP contribution is -2.47. The first-order chi connectivity index (χ1) is 9.90. The molecule has 1 aromatic carbocycles. The first kappa shape index (κ1) is 16.3. The Balaban J connectivity index is 2.27. The Hall–Kier alpha value is -1.11. The van der Waals surface area contributed by atoms with E-state index in [0.717, 1.165) is 32.1 Å². The minimum Gasteiger partial charge on any atom is -0.496 e. The summed E-state index contributed by atoms with van der Waals surface area (Å²) in [5.74, 6) is 0.486. The van der Waals surface area contributed by atoms with Crippen molar-refractivity contribution >= 4 is 10.0 Å². The van der Waals surface area contributed by atoms with Crippen molar-refractivity contribution in [1.29, 1.82) is 0 Å². The van der Waals surface area contributed by atoms with Crippen LogP contribution in [0.15, 0.2) is 23.1 Å². The molecule has 1 aliphatic rings. The quantitative estimate of drug-likeness (QED) is 0.873. The molecule has 0 heterocycles. The molecule has 5 nitrogen and oxygen atoms in total. The number of sulfonamides is 1. The fourth-order valence-corrected chi connectivity index (χ4v) is 4.38. The van der Waals surface area contributed by atoms with Crippen molar-refractivity contribution in [3.8, 4) is 5.75 Å². The summed E-state index contributed by atoms with van der Waals surface area (Å²) in [5, 5.41) is 9.32. The minimum absolute atomic E-state index is 0.166. The van der Waals surface area contributed by atoms with E-state index in [-0.39, 0.29) is 17.0 Å². The van der Waals surface area contributed by atoms with Gasteiger partial charge in [0.25, 0.3) is 0 Å². The van der Waals surface area contributed by atoms with Crippen LogP contribution >= 0.6 is 0 Å². The summed E-state index contributed by atoms with van der Waals surface area (Å²) in [6, 6.07) is 4.54. The zero-order valence-electron chi connectivity index (χ0n) is 12.6. The van der Waals surface area contributed by atoms with Crippen LogP contribution in [0, 0.1) is 0 Å². The van der Waals surface area contributed by atoms with Crippen LogP contribution in [0.4, 0.5) is 0 Å². The summed E-state index contributed by atoms with van der Waals surface area (Å²) in [4.78, 5) is 0.166. The third-order valence-corrected chi connectivity index (χ3v) is 5.71. The first-order valence-electron chi connectivity index (χ1n) is 7.22. The molecule has 21 heavy (non-hydrogen) atoms. The van der Waals surface area contributed by atoms with Crippen molar-refractivity contribution in [3.05, 3.63) is 23.8 Å². The second-order valence-electron chi connectivity index (χ2n) is 5.86. The van der Waals surface area contributed by atoms with E-state index >= 15 is 0 Å². The SMILES string of the molecule is COc1ccc(S(=O)(=O)NC2(C)CCCCC2)cc1CO. The normalized spacial score (nSPS) is 18.4. The number of nitrogens with one attached hydrogen (secondary N) is 1. The van der Waals surface area contributed by atoms with Crippen LogP contribution < -0.4 is 9.46 Å². The van der Waals surface area contributed by atoms with Crippen molar-refractivity contribution in [3.63, 3.8) is 0 Å². The van der Waals surface area contributed by atoms with Gasteiger partial charge in [-0.1, -0.05) is 19.3 Å². The summed E-state index contributed by atoms with van der Waals surface area (Å²) >= 11 is 0. The molecule has 0 aromatic heterocycles. The van der Waals surface area contributed by atoms with Crippen LogP contribution in [0.3, 0.4) is 0 Å². The molecule has 1 saturated carbocycles. The number of hydrogen-bond donors (Lipinski definition) is 2. The van der Waals surface area contributed by atoms with Crippen LogP contribution in [-0.4, -0.2) is 26.2 Å². The van der Waals surface area contributed by atoms with E-state index in [1.165, 1.54) is 19.2 Å². The third-order valence-electron chi connectivity index (χ3n) is 4.07. The number of aliphatic hydroxyl groups excluding tert-OH is 1. The maximum atomic E-state index is 12.5. The van der Waals surface area contributed by atoms with E-state index < -0.39 is 10.0 Å². The predicted octanol–water partition coefficient (Wildman–Crippen LogP) is 2.19. The Labute approximate surface area is 126 Å². The second kappa shape index (κ2) is 6.34. The van der Waals surface area contributed by atoms with Crippen LogP contribution in [0.5, 0.6) is 5.75 Å². The van der Waals surface area contributed by atoms with Crippen molar-refractivity contribution < 1.29 is 18.3 Å². The molecule has 2 N–H and O–H groups in total. The van der Waals surface area contributed by atoms with Crippen molar-refractivity contribution in [2.75, 3.05) is 7.11 Å². The molecule has 1 aromatic rings. The average molecular weight is 313 g/mol. The molecule has 1 aliphatic carbocycles. The van der Waals surface area contributed by atoms with Gasteiger partial charge in [-0.2, -0.15) is 0 Å². The Morgan fingerprint density at radius 3 is 2.52 bits per heavy atom. The molecular formula is C15H23NO4S. The van der Waals surface area contributed by atoms with Gasteiger partial charge < -0.3 is 9.84 Å². The van der Waals surface area contributed by atoms with Gasteiger partial charge in [0, 0.05) is 11.1 Å². The molecule has 0 radical (unpaired) electrons. The molecule has 0 saturated heterocycles. The lowest BCUT2D eigenvalue weighted by molar-refractivity contribution is 0.273. The number of aliphatic hydroxyl groups is 1. The Kier molecular flexibility index (Phi) is 4.91. The fourth-order valence-electron chi connectivity index (χ4n) is 2.86. The van der Waals surface area contributed by atoms with Gasteiger partial charge in [0.1, 0.15) is 5.75 Å². The molecule has 0 unspecified atom stereocenters. The maximum absolute atomic E-state index is 12.5. The van der Waals surface area contributed by atoms with E-state index in [9.17, 15) is 13.5 Å². The number of rotatable bonds is 5. The van der Waals surface area contributed by atoms with Gasteiger partial charge in [-0.25, -0.2) is 13.1 Å². The number of benzene rings is 1. The van der Waals surface area contributed by atoms with Gasteiger partial charge in [0.15, 0.2) is 0 Å². The largest absolute Gasteiger partial charge is 0.496 e. The summed E-state index contributed by atoms with van der Waals surface area (Å²) in [7, 11) is -2.10. The van der Waals surface area contributed by atoms with E-state index in [4.69, 9.17) is 4.74 Å². The average Bonchev–Trinajstić information content (AvgIpc) is 2.46. The molecule has 6 heteroatoms. The maximum Gasteiger partial charge on any atom is 0.241 e. The summed E-state index contributed by atoms with van der Waals surface area (Å²) in [5.41, 5.74) is 0.0882. The van der Waals surface area contributed by atoms with Crippen LogP contribution in [0.1, 0.15) is 44.6 Å². The molecule has 2 rings (SSSR count). The molecule has 1 fully saturated rings. The molecule has 0 bridgehead atoms. The standard InChI is InChI=1S/C15H23NO4S/c1-15(8-4-3-5-9-15)16-21(18,19)13-6-7-14(20-2)12(10-13)11-17/h6-7,10,16-17H,3-5,8-9,11H2,1-2H3. The van der Waals surface area contributed by atoms with Gasteiger partial charge in [0.2, 0.25) is 10.0 Å². The Bertz CT molecular complexity index is 592. The molecule has 0 atom stereocenters. The van der Waals surface area contributed by atoms with Gasteiger partial charge in [0.05, 0.1) is 18.6 Å². The molecule has 0 amide bonds. The van der Waals surface area contributed by atoms with E-state index in [1.807, 2.05) is 6.92 Å². The highest BCUT2D eigenvalue weighted by Crippen LogP contribution is 2.30. The monoisotopic (exact) mass is 313 g/mol. The number of hydrogen-bond acceptors (Lipinski definition) is 4. The molecular weight excluding hydrogens is 290 g/mol. The van der Waals surface area contributed by atoms with Crippen molar-refractivity contribution in [2.24, 2.45) is 0 Å². The number of ether oxygens (including phenoxy) is 1. The van der Waals surface area contributed by atoms with Crippen molar-refractivity contribution in [2.45, 2.75) is 56.1 Å². The second-order valence-corrected chi connectivity index (χ2v) is 7.54. The van der Waals surface area contributed by atoms with Crippen molar-refractivity contribution in [1.82, 2.24) is 4.72 Å². The van der Waals surface area contributed by atoms with Gasteiger partial charge >= 0.3 is 0 Å². The lowest BCUT2D eigenvalue weighted by Gasteiger charge is -2.34. The smallest absolute Gasteiger partial charge is 0.241 e. The predicted molar refractivity (Wildman–Crippen MR) is 80.7 cm³/mol. The van der Waals surface area contributed by atoms with Crippen LogP contribution in [0.2, 0.25) is 0 Å². The van der Waals surface area contributed by atoms with Crippen LogP contribution in [-0.2, 0) is 16.6 Å². The van der Waals surface area contributed by atoms with Gasteiger partial charge in [-0.15, -0.1) is 0 Å². The topological polar surface area (TPSA) is 75.6 Å². The highest BCUT2D eigenvalue weighted by molar-refractivity contribution is 7.89. The molecule has 118 valence electrons. The van der Waals surface area contributed by atoms with Gasteiger partial charge in [-0.3, -0.25) is 0 Å². The summed E-state index contributed by atoms with van der Waals surface area (Å²) < 4.78 is 33.0. The highest BCUT2D eigenvalue weighted by atomic mass is 32.2. The zero-order valence-corrected chi connectivity index (χ0v) is 13.4.